The van der Waals surface area contributed by atoms with E-state index in [1.54, 1.807) is 17.0 Å². The molecular formula is C14H20FN3O2. The normalized spacial score (nSPS) is 16.3. The van der Waals surface area contributed by atoms with E-state index in [-0.39, 0.29) is 18.2 Å². The number of ether oxygens (including phenoxy) is 1. The van der Waals surface area contributed by atoms with Gasteiger partial charge in [0.25, 0.3) is 0 Å². The lowest BCUT2D eigenvalue weighted by Gasteiger charge is -2.32. The summed E-state index contributed by atoms with van der Waals surface area (Å²) in [5.74, 6) is 0.0427. The van der Waals surface area contributed by atoms with Crippen LogP contribution in [0.25, 0.3) is 0 Å². The standard InChI is InChI=1S/C14H20FN3O2/c1-10(2)20-14(19)18-8-6-11(7-9-18)16-13-5-3-4-12(15)17-13/h3-5,10-11H,6-9H2,1-2H3,(H,16,17). The fraction of sp³-hybridized carbons (Fsp3) is 0.571. The molecular weight excluding hydrogens is 261 g/mol. The molecule has 0 bridgehead atoms. The summed E-state index contributed by atoms with van der Waals surface area (Å²) in [5, 5.41) is 3.19. The third kappa shape index (κ3) is 4.08. The van der Waals surface area contributed by atoms with Crippen LogP contribution in [-0.4, -0.2) is 41.2 Å². The van der Waals surface area contributed by atoms with Crippen molar-refractivity contribution < 1.29 is 13.9 Å². The number of anilines is 1. The number of piperidine rings is 1. The molecule has 0 unspecified atom stereocenters. The highest BCUT2D eigenvalue weighted by Crippen LogP contribution is 2.16. The molecule has 1 N–H and O–H groups in total. The second-order valence-electron chi connectivity index (χ2n) is 5.18. The van der Waals surface area contributed by atoms with Gasteiger partial charge < -0.3 is 15.0 Å². The maximum Gasteiger partial charge on any atom is 0.410 e. The Balaban J connectivity index is 1.81. The number of hydrogen-bond donors (Lipinski definition) is 1. The summed E-state index contributed by atoms with van der Waals surface area (Å²) < 4.78 is 18.2. The first-order valence-corrected chi connectivity index (χ1v) is 6.89. The van der Waals surface area contributed by atoms with Gasteiger partial charge in [-0.05, 0) is 38.8 Å². The van der Waals surface area contributed by atoms with Crippen LogP contribution in [0, 0.1) is 5.95 Å². The molecule has 1 aliphatic heterocycles. The van der Waals surface area contributed by atoms with Crippen LogP contribution in [0.1, 0.15) is 26.7 Å². The van der Waals surface area contributed by atoms with Crippen molar-refractivity contribution in [3.63, 3.8) is 0 Å². The Kier molecular flexibility index (Phi) is 4.76. The molecule has 2 heterocycles. The molecule has 1 saturated heterocycles. The van der Waals surface area contributed by atoms with Crippen LogP contribution in [0.3, 0.4) is 0 Å². The lowest BCUT2D eigenvalue weighted by atomic mass is 10.1. The number of likely N-dealkylation sites (tertiary alicyclic amines) is 1. The average molecular weight is 281 g/mol. The van der Waals surface area contributed by atoms with Crippen LogP contribution in [0.15, 0.2) is 18.2 Å². The number of nitrogens with one attached hydrogen (secondary N) is 1. The predicted octanol–water partition coefficient (Wildman–Crippen LogP) is 2.64. The molecule has 5 nitrogen and oxygen atoms in total. The van der Waals surface area contributed by atoms with Gasteiger partial charge in [0.15, 0.2) is 0 Å². The lowest BCUT2D eigenvalue weighted by Crippen LogP contribution is -2.43. The summed E-state index contributed by atoms with van der Waals surface area (Å²) in [6.07, 6.45) is 1.23. The van der Waals surface area contributed by atoms with Gasteiger partial charge in [0.2, 0.25) is 5.95 Å². The maximum atomic E-state index is 13.0. The minimum absolute atomic E-state index is 0.102. The topological polar surface area (TPSA) is 54.5 Å². The van der Waals surface area contributed by atoms with E-state index < -0.39 is 5.95 Å². The van der Waals surface area contributed by atoms with Crippen LogP contribution in [0.5, 0.6) is 0 Å². The van der Waals surface area contributed by atoms with Gasteiger partial charge in [-0.2, -0.15) is 4.39 Å². The minimum Gasteiger partial charge on any atom is -0.447 e. The van der Waals surface area contributed by atoms with Crippen LogP contribution in [-0.2, 0) is 4.74 Å². The van der Waals surface area contributed by atoms with E-state index in [4.69, 9.17) is 4.74 Å². The predicted molar refractivity (Wildman–Crippen MR) is 74.0 cm³/mol. The van der Waals surface area contributed by atoms with E-state index in [1.165, 1.54) is 6.07 Å². The second-order valence-corrected chi connectivity index (χ2v) is 5.18. The Hall–Kier alpha value is -1.85. The first-order chi connectivity index (χ1) is 9.54. The van der Waals surface area contributed by atoms with Gasteiger partial charge in [0, 0.05) is 19.1 Å². The molecule has 20 heavy (non-hydrogen) atoms. The van der Waals surface area contributed by atoms with Crippen molar-refractivity contribution in [3.05, 3.63) is 24.1 Å². The highest BCUT2D eigenvalue weighted by atomic mass is 19.1. The van der Waals surface area contributed by atoms with Crippen molar-refractivity contribution in [1.29, 1.82) is 0 Å². The van der Waals surface area contributed by atoms with E-state index in [0.717, 1.165) is 12.8 Å². The van der Waals surface area contributed by atoms with Gasteiger partial charge >= 0.3 is 6.09 Å². The van der Waals surface area contributed by atoms with Crippen molar-refractivity contribution >= 4 is 11.9 Å². The van der Waals surface area contributed by atoms with Crippen molar-refractivity contribution in [1.82, 2.24) is 9.88 Å². The van der Waals surface area contributed by atoms with E-state index >= 15 is 0 Å². The van der Waals surface area contributed by atoms with E-state index in [0.29, 0.717) is 18.9 Å². The van der Waals surface area contributed by atoms with Crippen LogP contribution < -0.4 is 5.32 Å². The summed E-state index contributed by atoms with van der Waals surface area (Å²) >= 11 is 0. The Morgan fingerprint density at radius 3 is 2.75 bits per heavy atom. The van der Waals surface area contributed by atoms with Crippen LogP contribution >= 0.6 is 0 Å². The fourth-order valence-electron chi connectivity index (χ4n) is 2.18. The highest BCUT2D eigenvalue weighted by molar-refractivity contribution is 5.67. The number of hydrogen-bond acceptors (Lipinski definition) is 4. The summed E-state index contributed by atoms with van der Waals surface area (Å²) in [6.45, 7) is 4.95. The number of carbonyl (C=O) groups is 1. The number of amides is 1. The number of aromatic nitrogens is 1. The van der Waals surface area contributed by atoms with Gasteiger partial charge in [-0.3, -0.25) is 0 Å². The zero-order valence-corrected chi connectivity index (χ0v) is 11.8. The first kappa shape index (κ1) is 14.6. The first-order valence-electron chi connectivity index (χ1n) is 6.89. The summed E-state index contributed by atoms with van der Waals surface area (Å²) in [6, 6.07) is 4.88. The molecule has 0 saturated carbocycles. The largest absolute Gasteiger partial charge is 0.447 e. The molecule has 0 spiro atoms. The number of nitrogens with zero attached hydrogens (tertiary/aromatic N) is 2. The third-order valence-corrected chi connectivity index (χ3v) is 3.16. The second kappa shape index (κ2) is 6.54. The third-order valence-electron chi connectivity index (χ3n) is 3.16. The Morgan fingerprint density at radius 1 is 1.45 bits per heavy atom. The molecule has 1 aliphatic rings. The summed E-state index contributed by atoms with van der Waals surface area (Å²) in [7, 11) is 0. The molecule has 6 heteroatoms. The Labute approximate surface area is 118 Å². The molecule has 1 aromatic heterocycles. The maximum absolute atomic E-state index is 13.0. The minimum atomic E-state index is -0.493. The molecule has 1 aromatic rings. The average Bonchev–Trinajstić information content (AvgIpc) is 2.38. The quantitative estimate of drug-likeness (QED) is 0.865. The van der Waals surface area contributed by atoms with Crippen molar-refractivity contribution in [3.8, 4) is 0 Å². The molecule has 2 rings (SSSR count). The lowest BCUT2D eigenvalue weighted by molar-refractivity contribution is 0.0701. The molecule has 1 fully saturated rings. The van der Waals surface area contributed by atoms with Crippen molar-refractivity contribution in [2.45, 2.75) is 38.8 Å². The fourth-order valence-corrected chi connectivity index (χ4v) is 2.18. The van der Waals surface area contributed by atoms with Gasteiger partial charge in [0.1, 0.15) is 5.82 Å². The smallest absolute Gasteiger partial charge is 0.410 e. The van der Waals surface area contributed by atoms with E-state index in [2.05, 4.69) is 10.3 Å². The van der Waals surface area contributed by atoms with Gasteiger partial charge in [-0.25, -0.2) is 9.78 Å². The van der Waals surface area contributed by atoms with E-state index in [1.807, 2.05) is 13.8 Å². The van der Waals surface area contributed by atoms with Gasteiger partial charge in [0.05, 0.1) is 6.10 Å². The number of rotatable bonds is 3. The molecule has 0 aromatic carbocycles. The summed E-state index contributed by atoms with van der Waals surface area (Å²) in [5.41, 5.74) is 0. The number of halogens is 1. The Morgan fingerprint density at radius 2 is 2.15 bits per heavy atom. The molecule has 0 aliphatic carbocycles. The van der Waals surface area contributed by atoms with Crippen molar-refractivity contribution in [2.24, 2.45) is 0 Å². The van der Waals surface area contributed by atoms with Crippen LogP contribution in [0.2, 0.25) is 0 Å². The molecule has 110 valence electrons. The molecule has 0 radical (unpaired) electrons. The van der Waals surface area contributed by atoms with Gasteiger partial charge in [-0.1, -0.05) is 6.07 Å². The highest BCUT2D eigenvalue weighted by Gasteiger charge is 2.24. The molecule has 1 amide bonds. The Bertz CT molecular complexity index is 459. The zero-order chi connectivity index (χ0) is 14.5. The molecule has 0 atom stereocenters. The van der Waals surface area contributed by atoms with Crippen molar-refractivity contribution in [2.75, 3.05) is 18.4 Å². The number of pyridine rings is 1. The SMILES string of the molecule is CC(C)OC(=O)N1CCC(Nc2cccc(F)n2)CC1. The van der Waals surface area contributed by atoms with Crippen LogP contribution in [0.4, 0.5) is 15.0 Å². The van der Waals surface area contributed by atoms with E-state index in [9.17, 15) is 9.18 Å². The number of carbonyl (C=O) groups excluding carboxylic acids is 1. The summed E-state index contributed by atoms with van der Waals surface area (Å²) in [4.78, 5) is 17.2. The monoisotopic (exact) mass is 281 g/mol. The van der Waals surface area contributed by atoms with Gasteiger partial charge in [-0.15, -0.1) is 0 Å². The zero-order valence-electron chi connectivity index (χ0n) is 11.8.